The minimum atomic E-state index is 0.988. The Kier molecular flexibility index (Phi) is 4.75. The van der Waals surface area contributed by atoms with Crippen LogP contribution < -0.4 is 5.32 Å². The van der Waals surface area contributed by atoms with Crippen molar-refractivity contribution in [3.63, 3.8) is 0 Å². The number of hydrogen-bond donors (Lipinski definition) is 1. The van der Waals surface area contributed by atoms with Gasteiger partial charge in [-0.2, -0.15) is 11.8 Å². The van der Waals surface area contributed by atoms with Gasteiger partial charge in [0.1, 0.15) is 0 Å². The third kappa shape index (κ3) is 3.30. The van der Waals surface area contributed by atoms with E-state index in [0.717, 1.165) is 31.2 Å². The van der Waals surface area contributed by atoms with Gasteiger partial charge >= 0.3 is 0 Å². The minimum Gasteiger partial charge on any atom is -0.355 e. The Hall–Kier alpha value is -0.640. The predicted molar refractivity (Wildman–Crippen MR) is 59.4 cm³/mol. The average Bonchev–Trinajstić information content (AvgIpc) is 2.54. The summed E-state index contributed by atoms with van der Waals surface area (Å²) in [5, 5.41) is 3.31. The molecule has 0 aliphatic rings. The molecular formula is C9H17N3S. The normalized spacial score (nSPS) is 10.3. The van der Waals surface area contributed by atoms with Crippen LogP contribution in [0.3, 0.4) is 0 Å². The Labute approximate surface area is 83.9 Å². The van der Waals surface area contributed by atoms with Gasteiger partial charge in [0.25, 0.3) is 0 Å². The smallest absolute Gasteiger partial charge is 0.202 e. The van der Waals surface area contributed by atoms with E-state index < -0.39 is 0 Å². The molecule has 0 amide bonds. The van der Waals surface area contributed by atoms with Crippen molar-refractivity contribution < 1.29 is 0 Å². The number of nitrogens with zero attached hydrogens (tertiary/aromatic N) is 2. The molecule has 0 atom stereocenters. The van der Waals surface area contributed by atoms with E-state index in [0.29, 0.717) is 0 Å². The van der Waals surface area contributed by atoms with Crippen LogP contribution in [0.25, 0.3) is 0 Å². The summed E-state index contributed by atoms with van der Waals surface area (Å²) in [4.78, 5) is 4.25. The lowest BCUT2D eigenvalue weighted by atomic mass is 10.5. The summed E-state index contributed by atoms with van der Waals surface area (Å²) in [6, 6.07) is 0. The zero-order valence-electron chi connectivity index (χ0n) is 8.29. The Morgan fingerprint density at radius 1 is 1.62 bits per heavy atom. The lowest BCUT2D eigenvalue weighted by Crippen LogP contribution is -2.09. The highest BCUT2D eigenvalue weighted by atomic mass is 32.2. The molecule has 1 rings (SSSR count). The zero-order chi connectivity index (χ0) is 9.52. The van der Waals surface area contributed by atoms with E-state index >= 15 is 0 Å². The van der Waals surface area contributed by atoms with Crippen LogP contribution in [-0.4, -0.2) is 28.1 Å². The van der Waals surface area contributed by atoms with Gasteiger partial charge < -0.3 is 9.88 Å². The van der Waals surface area contributed by atoms with Gasteiger partial charge in [-0.25, -0.2) is 4.98 Å². The molecule has 0 aromatic carbocycles. The van der Waals surface area contributed by atoms with E-state index in [-0.39, 0.29) is 0 Å². The van der Waals surface area contributed by atoms with Crippen molar-refractivity contribution >= 4 is 17.7 Å². The largest absolute Gasteiger partial charge is 0.355 e. The Morgan fingerprint density at radius 2 is 2.46 bits per heavy atom. The molecule has 0 saturated carbocycles. The maximum Gasteiger partial charge on any atom is 0.202 e. The van der Waals surface area contributed by atoms with E-state index in [1.54, 1.807) is 0 Å². The molecule has 0 aliphatic heterocycles. The van der Waals surface area contributed by atoms with Crippen molar-refractivity contribution in [2.45, 2.75) is 19.9 Å². The molecule has 4 heteroatoms. The second-order valence-electron chi connectivity index (χ2n) is 2.86. The molecule has 1 aromatic heterocycles. The lowest BCUT2D eigenvalue weighted by Gasteiger charge is -2.07. The number of aryl methyl sites for hydroxylation is 1. The molecule has 0 radical (unpaired) electrons. The maximum absolute atomic E-state index is 4.25. The van der Waals surface area contributed by atoms with Crippen LogP contribution in [0.5, 0.6) is 0 Å². The van der Waals surface area contributed by atoms with Crippen LogP contribution in [0.4, 0.5) is 5.95 Å². The van der Waals surface area contributed by atoms with Crippen molar-refractivity contribution in [1.29, 1.82) is 0 Å². The van der Waals surface area contributed by atoms with Gasteiger partial charge in [-0.3, -0.25) is 0 Å². The number of nitrogens with one attached hydrogen (secondary N) is 1. The lowest BCUT2D eigenvalue weighted by molar-refractivity contribution is 0.683. The molecule has 0 aliphatic carbocycles. The minimum absolute atomic E-state index is 0.988. The van der Waals surface area contributed by atoms with Crippen molar-refractivity contribution in [1.82, 2.24) is 9.55 Å². The van der Waals surface area contributed by atoms with E-state index in [9.17, 15) is 0 Å². The van der Waals surface area contributed by atoms with Crippen LogP contribution in [0.1, 0.15) is 13.3 Å². The fourth-order valence-corrected chi connectivity index (χ4v) is 1.47. The Bertz CT molecular complexity index is 235. The first-order chi connectivity index (χ1) is 6.38. The topological polar surface area (TPSA) is 29.9 Å². The molecule has 1 heterocycles. The van der Waals surface area contributed by atoms with Gasteiger partial charge in [0, 0.05) is 31.2 Å². The summed E-state index contributed by atoms with van der Waals surface area (Å²) in [7, 11) is 0. The van der Waals surface area contributed by atoms with E-state index in [4.69, 9.17) is 0 Å². The van der Waals surface area contributed by atoms with Gasteiger partial charge in [0.05, 0.1) is 0 Å². The van der Waals surface area contributed by atoms with Gasteiger partial charge in [-0.05, 0) is 12.7 Å². The molecule has 13 heavy (non-hydrogen) atoms. The van der Waals surface area contributed by atoms with Gasteiger partial charge in [0.15, 0.2) is 0 Å². The summed E-state index contributed by atoms with van der Waals surface area (Å²) in [5.74, 6) is 2.12. The Balaban J connectivity index is 2.40. The Morgan fingerprint density at radius 3 is 3.15 bits per heavy atom. The molecule has 0 spiro atoms. The number of anilines is 1. The van der Waals surface area contributed by atoms with Crippen molar-refractivity contribution in [3.05, 3.63) is 12.4 Å². The van der Waals surface area contributed by atoms with Gasteiger partial charge in [-0.1, -0.05) is 6.92 Å². The monoisotopic (exact) mass is 199 g/mol. The van der Waals surface area contributed by atoms with Crippen LogP contribution in [-0.2, 0) is 6.54 Å². The second kappa shape index (κ2) is 5.91. The summed E-state index contributed by atoms with van der Waals surface area (Å²) in [6.45, 7) is 4.20. The van der Waals surface area contributed by atoms with Crippen LogP contribution in [0, 0.1) is 0 Å². The first-order valence-corrected chi connectivity index (χ1v) is 6.01. The molecular weight excluding hydrogens is 182 g/mol. The number of imidazole rings is 1. The number of aromatic nitrogens is 2. The third-order valence-electron chi connectivity index (χ3n) is 1.77. The van der Waals surface area contributed by atoms with E-state index in [2.05, 4.69) is 28.0 Å². The molecule has 1 aromatic rings. The highest BCUT2D eigenvalue weighted by Crippen LogP contribution is 2.05. The molecule has 0 fully saturated rings. The fourth-order valence-electron chi connectivity index (χ4n) is 1.16. The quantitative estimate of drug-likeness (QED) is 0.711. The molecule has 0 saturated heterocycles. The standard InChI is InChI=1S/C9H17N3S/c1-3-6-12-7-4-10-9(12)11-5-8-13-2/h4,7H,3,5-6,8H2,1-2H3,(H,10,11). The van der Waals surface area contributed by atoms with Gasteiger partial charge in [-0.15, -0.1) is 0 Å². The summed E-state index contributed by atoms with van der Waals surface area (Å²) in [6.07, 6.45) is 7.12. The van der Waals surface area contributed by atoms with E-state index in [1.165, 1.54) is 0 Å². The first kappa shape index (κ1) is 10.4. The average molecular weight is 199 g/mol. The number of thioether (sulfide) groups is 1. The second-order valence-corrected chi connectivity index (χ2v) is 3.85. The number of hydrogen-bond acceptors (Lipinski definition) is 3. The van der Waals surface area contributed by atoms with Crippen LogP contribution in [0.15, 0.2) is 12.4 Å². The predicted octanol–water partition coefficient (Wildman–Crippen LogP) is 2.07. The van der Waals surface area contributed by atoms with E-state index in [1.807, 2.05) is 24.2 Å². The maximum atomic E-state index is 4.25. The van der Waals surface area contributed by atoms with Gasteiger partial charge in [0.2, 0.25) is 5.95 Å². The van der Waals surface area contributed by atoms with Crippen LogP contribution in [0.2, 0.25) is 0 Å². The third-order valence-corrected chi connectivity index (χ3v) is 2.38. The zero-order valence-corrected chi connectivity index (χ0v) is 9.10. The highest BCUT2D eigenvalue weighted by Gasteiger charge is 1.98. The summed E-state index contributed by atoms with van der Waals surface area (Å²) >= 11 is 1.84. The van der Waals surface area contributed by atoms with Crippen molar-refractivity contribution in [2.24, 2.45) is 0 Å². The summed E-state index contributed by atoms with van der Waals surface area (Å²) in [5.41, 5.74) is 0. The first-order valence-electron chi connectivity index (χ1n) is 4.62. The molecule has 1 N–H and O–H groups in total. The molecule has 0 bridgehead atoms. The fraction of sp³-hybridized carbons (Fsp3) is 0.667. The highest BCUT2D eigenvalue weighted by molar-refractivity contribution is 7.98. The molecule has 74 valence electrons. The van der Waals surface area contributed by atoms with Crippen molar-refractivity contribution in [2.75, 3.05) is 23.9 Å². The van der Waals surface area contributed by atoms with Crippen LogP contribution >= 0.6 is 11.8 Å². The number of rotatable bonds is 6. The van der Waals surface area contributed by atoms with Crippen molar-refractivity contribution in [3.8, 4) is 0 Å². The molecule has 0 unspecified atom stereocenters. The molecule has 3 nitrogen and oxygen atoms in total. The summed E-state index contributed by atoms with van der Waals surface area (Å²) < 4.78 is 2.15. The SMILES string of the molecule is CCCn1ccnc1NCCSC.